The van der Waals surface area contributed by atoms with Crippen molar-refractivity contribution in [1.82, 2.24) is 4.57 Å². The highest BCUT2D eigenvalue weighted by molar-refractivity contribution is 7.20. The van der Waals surface area contributed by atoms with E-state index in [1.165, 1.54) is 15.6 Å². The molecule has 0 saturated heterocycles. The minimum absolute atomic E-state index is 0.543. The molecule has 0 unspecified atom stereocenters. The molecule has 8 rings (SSSR count). The number of nitriles is 2. The van der Waals surface area contributed by atoms with Crippen molar-refractivity contribution in [3.63, 3.8) is 0 Å². The van der Waals surface area contributed by atoms with Gasteiger partial charge < -0.3 is 4.57 Å². The quantitative estimate of drug-likeness (QED) is 0.141. The molecule has 1 aromatic heterocycles. The summed E-state index contributed by atoms with van der Waals surface area (Å²) in [5, 5.41) is 28.3. The van der Waals surface area contributed by atoms with E-state index in [1.807, 2.05) is 42.5 Å². The normalized spacial score (nSPS) is 11.3. The molecule has 48 heavy (non-hydrogen) atoms. The lowest BCUT2D eigenvalue weighted by Gasteiger charge is -2.35. The zero-order valence-corrected chi connectivity index (χ0v) is 27.1. The lowest BCUT2D eigenvalue weighted by molar-refractivity contribution is 1.18. The first kappa shape index (κ1) is 29.0. The van der Waals surface area contributed by atoms with Crippen LogP contribution in [0.4, 0.5) is 0 Å². The molecule has 3 nitrogen and oxygen atoms in total. The maximum atomic E-state index is 11.3. The molecule has 0 saturated carbocycles. The molecule has 0 aliphatic rings. The Morgan fingerprint density at radius 1 is 0.438 bits per heavy atom. The number of nitrogens with zero attached hydrogens (tertiary/aromatic N) is 3. The predicted octanol–water partition coefficient (Wildman–Crippen LogP) is 7.57. The topological polar surface area (TPSA) is 52.5 Å². The molecule has 0 aliphatic carbocycles. The fourth-order valence-electron chi connectivity index (χ4n) is 7.44. The van der Waals surface area contributed by atoms with Crippen molar-refractivity contribution >= 4 is 50.6 Å². The molecule has 0 amide bonds. The van der Waals surface area contributed by atoms with Crippen molar-refractivity contribution in [1.29, 1.82) is 10.5 Å². The third-order valence-corrected chi connectivity index (χ3v) is 14.3. The largest absolute Gasteiger partial charge is 0.309 e. The molecule has 4 heteroatoms. The van der Waals surface area contributed by atoms with E-state index in [4.69, 9.17) is 0 Å². The molecule has 8 aromatic rings. The molecule has 0 atom stereocenters. The van der Waals surface area contributed by atoms with Gasteiger partial charge in [-0.25, -0.2) is 0 Å². The monoisotopic (exact) mass is 627 g/mol. The van der Waals surface area contributed by atoms with Crippen LogP contribution in [0.1, 0.15) is 11.1 Å². The van der Waals surface area contributed by atoms with Gasteiger partial charge in [0.05, 0.1) is 40.0 Å². The summed E-state index contributed by atoms with van der Waals surface area (Å²) >= 11 is 0. The maximum absolute atomic E-state index is 11.3. The first-order valence-electron chi connectivity index (χ1n) is 16.0. The summed E-state index contributed by atoms with van der Waals surface area (Å²) in [7, 11) is -3.02. The fourth-order valence-corrected chi connectivity index (χ4v) is 12.4. The van der Waals surface area contributed by atoms with Crippen LogP contribution < -0.4 is 20.7 Å². The molecule has 0 bridgehead atoms. The Hall–Kier alpha value is -6.46. The van der Waals surface area contributed by atoms with Crippen LogP contribution in [-0.4, -0.2) is 12.6 Å². The molecule has 0 spiro atoms. The van der Waals surface area contributed by atoms with Gasteiger partial charge in [0.15, 0.2) is 8.07 Å². The summed E-state index contributed by atoms with van der Waals surface area (Å²) < 4.78 is 2.27. The first-order chi connectivity index (χ1) is 23.8. The summed E-state index contributed by atoms with van der Waals surface area (Å²) in [5.74, 6) is 0. The van der Waals surface area contributed by atoms with Crippen LogP contribution in [0.5, 0.6) is 0 Å². The average Bonchev–Trinajstić information content (AvgIpc) is 3.50. The molecule has 0 fully saturated rings. The Kier molecular flexibility index (Phi) is 7.27. The number of hydrogen-bond acceptors (Lipinski definition) is 2. The van der Waals surface area contributed by atoms with Gasteiger partial charge >= 0.3 is 0 Å². The number of hydrogen-bond donors (Lipinski definition) is 0. The van der Waals surface area contributed by atoms with E-state index in [9.17, 15) is 10.5 Å². The molecule has 7 aromatic carbocycles. The van der Waals surface area contributed by atoms with E-state index in [0.717, 1.165) is 43.8 Å². The summed E-state index contributed by atoms with van der Waals surface area (Å²) in [6.07, 6.45) is 0. The van der Waals surface area contributed by atoms with Crippen molar-refractivity contribution in [2.24, 2.45) is 0 Å². The van der Waals surface area contributed by atoms with Crippen LogP contribution in [0.15, 0.2) is 176 Å². The summed E-state index contributed by atoms with van der Waals surface area (Å²) in [6.45, 7) is 0. The fraction of sp³-hybridized carbons (Fsp3) is 0. The SMILES string of the molecule is N#Cc1ccc(-n2c3ccccc3c3ccccc32)c(-c2cccc([Si](c3ccccc3)(c3ccccc3)c3ccccc3)c2C#N)c1. The molecule has 224 valence electrons. The lowest BCUT2D eigenvalue weighted by atomic mass is 9.96. The van der Waals surface area contributed by atoms with Crippen LogP contribution in [0.2, 0.25) is 0 Å². The highest BCUT2D eigenvalue weighted by Gasteiger charge is 2.43. The zero-order valence-electron chi connectivity index (χ0n) is 26.1. The Morgan fingerprint density at radius 2 is 0.938 bits per heavy atom. The van der Waals surface area contributed by atoms with Gasteiger partial charge in [0, 0.05) is 21.9 Å². The minimum Gasteiger partial charge on any atom is -0.309 e. The number of rotatable bonds is 6. The summed E-state index contributed by atoms with van der Waals surface area (Å²) in [5.41, 5.74) is 5.88. The van der Waals surface area contributed by atoms with E-state index < -0.39 is 8.07 Å². The van der Waals surface area contributed by atoms with Crippen molar-refractivity contribution in [2.75, 3.05) is 0 Å². The van der Waals surface area contributed by atoms with Crippen LogP contribution >= 0.6 is 0 Å². The smallest absolute Gasteiger partial charge is 0.180 e. The average molecular weight is 628 g/mol. The molecule has 1 heterocycles. The second kappa shape index (κ2) is 12.0. The molecule has 0 N–H and O–H groups in total. The van der Waals surface area contributed by atoms with Gasteiger partial charge in [-0.05, 0) is 51.1 Å². The van der Waals surface area contributed by atoms with Crippen molar-refractivity contribution < 1.29 is 0 Å². The van der Waals surface area contributed by atoms with Crippen molar-refractivity contribution in [2.45, 2.75) is 0 Å². The van der Waals surface area contributed by atoms with Gasteiger partial charge in [0.1, 0.15) is 0 Å². The van der Waals surface area contributed by atoms with Gasteiger partial charge in [-0.1, -0.05) is 146 Å². The summed E-state index contributed by atoms with van der Waals surface area (Å²) in [6, 6.07) is 65.9. The van der Waals surface area contributed by atoms with E-state index in [-0.39, 0.29) is 0 Å². The van der Waals surface area contributed by atoms with Gasteiger partial charge in [-0.2, -0.15) is 10.5 Å². The molecular weight excluding hydrogens is 599 g/mol. The third kappa shape index (κ3) is 4.48. The number of para-hydroxylation sites is 2. The van der Waals surface area contributed by atoms with Gasteiger partial charge in [-0.15, -0.1) is 0 Å². The number of fused-ring (bicyclic) bond motifs is 3. The highest BCUT2D eigenvalue weighted by atomic mass is 28.3. The Balaban J connectivity index is 1.50. The molecule has 0 aliphatic heterocycles. The summed E-state index contributed by atoms with van der Waals surface area (Å²) in [4.78, 5) is 0. The first-order valence-corrected chi connectivity index (χ1v) is 18.0. The van der Waals surface area contributed by atoms with E-state index in [0.29, 0.717) is 11.1 Å². The number of aromatic nitrogens is 1. The van der Waals surface area contributed by atoms with Gasteiger partial charge in [0.25, 0.3) is 0 Å². The van der Waals surface area contributed by atoms with E-state index in [2.05, 4.69) is 150 Å². The Morgan fingerprint density at radius 3 is 1.44 bits per heavy atom. The van der Waals surface area contributed by atoms with Crippen molar-refractivity contribution in [3.05, 3.63) is 187 Å². The Bertz CT molecular complexity index is 2370. The molecular formula is C44H29N3Si. The maximum Gasteiger partial charge on any atom is 0.180 e. The van der Waals surface area contributed by atoms with Crippen LogP contribution in [0.25, 0.3) is 38.6 Å². The van der Waals surface area contributed by atoms with E-state index in [1.54, 1.807) is 0 Å². The van der Waals surface area contributed by atoms with Crippen LogP contribution in [0, 0.1) is 22.7 Å². The molecule has 0 radical (unpaired) electrons. The zero-order chi connectivity index (χ0) is 32.5. The van der Waals surface area contributed by atoms with E-state index >= 15 is 0 Å². The van der Waals surface area contributed by atoms with Crippen LogP contribution in [0.3, 0.4) is 0 Å². The second-order valence-electron chi connectivity index (χ2n) is 11.9. The van der Waals surface area contributed by atoms with Crippen LogP contribution in [-0.2, 0) is 0 Å². The third-order valence-electron chi connectivity index (χ3n) is 9.44. The standard InChI is InChI=1S/C44H29N3Si/c45-30-32-27-28-43(47-41-24-12-10-21-37(41)38-22-11-13-25-42(38)47)39(29-32)36-23-14-26-44(40(36)31-46)48(33-15-4-1-5-16-33,34-17-6-2-7-18-34)35-19-8-3-9-20-35/h1-29H. The predicted molar refractivity (Wildman–Crippen MR) is 199 cm³/mol. The lowest BCUT2D eigenvalue weighted by Crippen LogP contribution is -2.75. The highest BCUT2D eigenvalue weighted by Crippen LogP contribution is 2.37. The second-order valence-corrected chi connectivity index (χ2v) is 15.7. The number of benzene rings is 7. The minimum atomic E-state index is -3.02. The van der Waals surface area contributed by atoms with Crippen molar-refractivity contribution in [3.8, 4) is 29.0 Å². The Labute approximate surface area is 280 Å². The van der Waals surface area contributed by atoms with Gasteiger partial charge in [0.2, 0.25) is 0 Å². The van der Waals surface area contributed by atoms with Gasteiger partial charge in [-0.3, -0.25) is 0 Å².